The van der Waals surface area contributed by atoms with E-state index in [1.807, 2.05) is 18.6 Å². The van der Waals surface area contributed by atoms with Gasteiger partial charge in [-0.1, -0.05) is 20.8 Å². The molecule has 8 nitrogen and oxygen atoms in total. The summed E-state index contributed by atoms with van der Waals surface area (Å²) >= 11 is 0. The molecule has 0 spiro atoms. The number of hydrogen-bond donors (Lipinski definition) is 1. The molecule has 2 heterocycles. The van der Waals surface area contributed by atoms with Crippen LogP contribution < -0.4 is 9.46 Å². The Morgan fingerprint density at radius 1 is 1.23 bits per heavy atom. The molecule has 12 heteroatoms. The predicted octanol–water partition coefficient (Wildman–Crippen LogP) is 4.19. The molecule has 1 fully saturated rings. The van der Waals surface area contributed by atoms with Crippen molar-refractivity contribution in [3.8, 4) is 11.4 Å². The van der Waals surface area contributed by atoms with E-state index in [2.05, 4.69) is 10.1 Å². The number of halogens is 3. The maximum Gasteiger partial charge on any atom is 0.283 e. The number of amides is 1. The number of carbonyl (C=O) groups excluding carboxylic acids is 1. The summed E-state index contributed by atoms with van der Waals surface area (Å²) in [5.41, 5.74) is 0.166. The number of nitrogens with one attached hydrogen (secondary N) is 1. The van der Waals surface area contributed by atoms with Crippen LogP contribution >= 0.6 is 0 Å². The SMILES string of the molecule is CC(C)c1nn(-c2ccc(F)cc2)c2nc(C(=O)NS(C)(=O)=O)cc(OCC3(C)CC(F)(F)C3)c12. The molecule has 1 aliphatic rings. The molecule has 1 amide bonds. The number of sulfonamides is 1. The van der Waals surface area contributed by atoms with Crippen molar-refractivity contribution in [2.45, 2.75) is 45.5 Å². The van der Waals surface area contributed by atoms with Gasteiger partial charge < -0.3 is 4.74 Å². The number of nitrogens with zero attached hydrogens (tertiary/aromatic N) is 3. The maximum atomic E-state index is 13.5. The van der Waals surface area contributed by atoms with E-state index in [1.54, 1.807) is 6.92 Å². The van der Waals surface area contributed by atoms with Crippen LogP contribution in [0.15, 0.2) is 30.3 Å². The first-order valence-corrected chi connectivity index (χ1v) is 12.8. The summed E-state index contributed by atoms with van der Waals surface area (Å²) in [6.45, 7) is 5.41. The Kier molecular flexibility index (Phi) is 6.06. The number of rotatable bonds is 7. The third-order valence-electron chi connectivity index (χ3n) is 5.70. The highest BCUT2D eigenvalue weighted by atomic mass is 32.2. The molecule has 4 rings (SSSR count). The summed E-state index contributed by atoms with van der Waals surface area (Å²) in [6, 6.07) is 6.73. The van der Waals surface area contributed by atoms with Crippen molar-refractivity contribution in [3.05, 3.63) is 47.5 Å². The van der Waals surface area contributed by atoms with Gasteiger partial charge in [-0.2, -0.15) is 5.10 Å². The Hall–Kier alpha value is -3.15. The second-order valence-electron chi connectivity index (χ2n) is 9.64. The van der Waals surface area contributed by atoms with E-state index in [0.29, 0.717) is 16.8 Å². The number of carbonyl (C=O) groups is 1. The first-order chi connectivity index (χ1) is 16.2. The molecule has 188 valence electrons. The zero-order chi connectivity index (χ0) is 25.8. The van der Waals surface area contributed by atoms with Gasteiger partial charge in [0.2, 0.25) is 15.9 Å². The Morgan fingerprint density at radius 3 is 2.40 bits per heavy atom. The van der Waals surface area contributed by atoms with Crippen molar-refractivity contribution >= 4 is 27.0 Å². The Labute approximate surface area is 200 Å². The third kappa shape index (κ3) is 5.26. The minimum atomic E-state index is -3.88. The van der Waals surface area contributed by atoms with Gasteiger partial charge in [-0.15, -0.1) is 0 Å². The third-order valence-corrected chi connectivity index (χ3v) is 6.26. The van der Waals surface area contributed by atoms with Crippen LogP contribution in [-0.4, -0.2) is 47.9 Å². The van der Waals surface area contributed by atoms with Crippen molar-refractivity contribution in [3.63, 3.8) is 0 Å². The molecule has 0 unspecified atom stereocenters. The smallest absolute Gasteiger partial charge is 0.283 e. The van der Waals surface area contributed by atoms with Crippen LogP contribution in [0.1, 0.15) is 55.7 Å². The van der Waals surface area contributed by atoms with E-state index in [4.69, 9.17) is 4.74 Å². The number of aromatic nitrogens is 3. The van der Waals surface area contributed by atoms with E-state index in [0.717, 1.165) is 6.26 Å². The largest absolute Gasteiger partial charge is 0.492 e. The molecule has 1 aliphatic carbocycles. The molecule has 0 aliphatic heterocycles. The molecule has 1 N–H and O–H groups in total. The summed E-state index contributed by atoms with van der Waals surface area (Å²) in [5.74, 6) is -4.14. The minimum absolute atomic E-state index is 0.0475. The summed E-state index contributed by atoms with van der Waals surface area (Å²) < 4.78 is 73.1. The first-order valence-electron chi connectivity index (χ1n) is 10.9. The maximum absolute atomic E-state index is 13.5. The van der Waals surface area contributed by atoms with Crippen LogP contribution in [0.2, 0.25) is 0 Å². The van der Waals surface area contributed by atoms with Crippen LogP contribution in [0.4, 0.5) is 13.2 Å². The summed E-state index contributed by atoms with van der Waals surface area (Å²) in [6.07, 6.45) is 0.168. The Balaban J connectivity index is 1.87. The second kappa shape index (κ2) is 8.51. The summed E-state index contributed by atoms with van der Waals surface area (Å²) in [5, 5.41) is 5.06. The average Bonchev–Trinajstić information content (AvgIpc) is 3.10. The molecule has 1 aromatic carbocycles. The number of hydrogen-bond acceptors (Lipinski definition) is 6. The molecule has 3 aromatic rings. The molecule has 1 saturated carbocycles. The van der Waals surface area contributed by atoms with Gasteiger partial charge in [0.15, 0.2) is 5.65 Å². The average molecular weight is 511 g/mol. The molecule has 35 heavy (non-hydrogen) atoms. The highest BCUT2D eigenvalue weighted by Crippen LogP contribution is 2.52. The zero-order valence-electron chi connectivity index (χ0n) is 19.6. The fourth-order valence-electron chi connectivity index (χ4n) is 4.28. The lowest BCUT2D eigenvalue weighted by Gasteiger charge is -2.44. The number of pyridine rings is 1. The van der Waals surface area contributed by atoms with Crippen LogP contribution in [-0.2, 0) is 10.0 Å². The molecular weight excluding hydrogens is 485 g/mol. The van der Waals surface area contributed by atoms with E-state index < -0.39 is 33.1 Å². The number of alkyl halides is 2. The van der Waals surface area contributed by atoms with Crippen LogP contribution in [0, 0.1) is 11.2 Å². The second-order valence-corrected chi connectivity index (χ2v) is 11.4. The lowest BCUT2D eigenvalue weighted by Crippen LogP contribution is -2.47. The van der Waals surface area contributed by atoms with E-state index in [-0.39, 0.29) is 42.5 Å². The fourth-order valence-corrected chi connectivity index (χ4v) is 4.72. The molecule has 0 saturated heterocycles. The van der Waals surface area contributed by atoms with Gasteiger partial charge in [0.1, 0.15) is 17.3 Å². The monoisotopic (exact) mass is 510 g/mol. The summed E-state index contributed by atoms with van der Waals surface area (Å²) in [4.78, 5) is 17.0. The van der Waals surface area contributed by atoms with E-state index in [9.17, 15) is 26.4 Å². The quantitative estimate of drug-likeness (QED) is 0.511. The van der Waals surface area contributed by atoms with Crippen LogP contribution in [0.3, 0.4) is 0 Å². The molecule has 0 radical (unpaired) electrons. The Morgan fingerprint density at radius 2 is 1.86 bits per heavy atom. The molecular formula is C23H25F3N4O4S. The van der Waals surface area contributed by atoms with Crippen molar-refractivity contribution in [2.75, 3.05) is 12.9 Å². The van der Waals surface area contributed by atoms with E-state index >= 15 is 0 Å². The van der Waals surface area contributed by atoms with Gasteiger partial charge in [0.05, 0.1) is 29.6 Å². The van der Waals surface area contributed by atoms with Gasteiger partial charge >= 0.3 is 0 Å². The Bertz CT molecular complexity index is 1390. The van der Waals surface area contributed by atoms with Gasteiger partial charge in [-0.05, 0) is 30.2 Å². The van der Waals surface area contributed by atoms with Crippen LogP contribution in [0.5, 0.6) is 5.75 Å². The minimum Gasteiger partial charge on any atom is -0.492 e. The highest BCUT2D eigenvalue weighted by Gasteiger charge is 2.54. The van der Waals surface area contributed by atoms with Crippen molar-refractivity contribution in [2.24, 2.45) is 5.41 Å². The first kappa shape index (κ1) is 25.0. The van der Waals surface area contributed by atoms with Gasteiger partial charge in [-0.3, -0.25) is 4.79 Å². The molecule has 0 atom stereocenters. The molecule has 2 aromatic heterocycles. The lowest BCUT2D eigenvalue weighted by molar-refractivity contribution is -0.164. The normalized spacial score (nSPS) is 16.8. The van der Waals surface area contributed by atoms with Crippen molar-refractivity contribution in [1.29, 1.82) is 0 Å². The number of benzene rings is 1. The van der Waals surface area contributed by atoms with Gasteiger partial charge in [0, 0.05) is 24.3 Å². The molecule has 0 bridgehead atoms. The highest BCUT2D eigenvalue weighted by molar-refractivity contribution is 7.89. The van der Waals surface area contributed by atoms with Crippen molar-refractivity contribution < 1.29 is 31.1 Å². The van der Waals surface area contributed by atoms with Gasteiger partial charge in [0.25, 0.3) is 5.91 Å². The number of fused-ring (bicyclic) bond motifs is 1. The summed E-state index contributed by atoms with van der Waals surface area (Å²) in [7, 11) is -3.88. The van der Waals surface area contributed by atoms with Crippen molar-refractivity contribution in [1.82, 2.24) is 19.5 Å². The van der Waals surface area contributed by atoms with Crippen LogP contribution in [0.25, 0.3) is 16.7 Å². The number of ether oxygens (including phenoxy) is 1. The fraction of sp³-hybridized carbons (Fsp3) is 0.435. The topological polar surface area (TPSA) is 103 Å². The van der Waals surface area contributed by atoms with E-state index in [1.165, 1.54) is 35.0 Å². The lowest BCUT2D eigenvalue weighted by atomic mass is 9.68. The zero-order valence-corrected chi connectivity index (χ0v) is 20.4. The van der Waals surface area contributed by atoms with Gasteiger partial charge in [-0.25, -0.2) is 36.0 Å². The predicted molar refractivity (Wildman–Crippen MR) is 123 cm³/mol. The standard InChI is InChI=1S/C23H25F3N4O4S/c1-13(2)19-18-17(34-12-22(3)10-23(25,26)11-22)9-16(21(31)29-35(4,32)33)27-20(18)30(28-19)15-7-5-14(24)6-8-15/h5-9,13H,10-12H2,1-4H3,(H,29,31).